The quantitative estimate of drug-likeness (QED) is 0.234. The van der Waals surface area contributed by atoms with E-state index in [1.807, 2.05) is 63.0 Å². The van der Waals surface area contributed by atoms with Crippen LogP contribution in [0.1, 0.15) is 58.6 Å². The molecule has 8 heteroatoms. The summed E-state index contributed by atoms with van der Waals surface area (Å²) < 4.78 is 11.4. The van der Waals surface area contributed by atoms with Gasteiger partial charge in [-0.25, -0.2) is 9.59 Å². The van der Waals surface area contributed by atoms with E-state index in [1.165, 1.54) is 6.42 Å². The number of hydrogen-bond acceptors (Lipinski definition) is 7. The van der Waals surface area contributed by atoms with Crippen LogP contribution in [0.25, 0.3) is 10.9 Å². The lowest BCUT2D eigenvalue weighted by Crippen LogP contribution is -2.56. The van der Waals surface area contributed by atoms with E-state index in [0.717, 1.165) is 53.9 Å². The van der Waals surface area contributed by atoms with E-state index >= 15 is 0 Å². The van der Waals surface area contributed by atoms with Crippen molar-refractivity contribution in [2.75, 3.05) is 31.2 Å². The molecule has 0 aliphatic carbocycles. The second-order valence-corrected chi connectivity index (χ2v) is 12.8. The minimum absolute atomic E-state index is 0.135. The van der Waals surface area contributed by atoms with Crippen molar-refractivity contribution in [3.8, 4) is 0 Å². The second kappa shape index (κ2) is 12.5. The van der Waals surface area contributed by atoms with Crippen LogP contribution in [0.3, 0.4) is 0 Å². The molecule has 1 N–H and O–H groups in total. The van der Waals surface area contributed by atoms with Crippen molar-refractivity contribution in [2.45, 2.75) is 64.6 Å². The van der Waals surface area contributed by atoms with Gasteiger partial charge in [0, 0.05) is 40.6 Å². The van der Waals surface area contributed by atoms with E-state index in [9.17, 15) is 9.59 Å². The number of fused-ring (bicyclic) bond motifs is 4. The Morgan fingerprint density at radius 2 is 2.03 bits per heavy atom. The van der Waals surface area contributed by atoms with E-state index in [2.05, 4.69) is 27.8 Å². The lowest BCUT2D eigenvalue weighted by molar-refractivity contribution is -0.138. The second-order valence-electron chi connectivity index (χ2n) is 11.5. The number of hydrogen-bond donors (Lipinski definition) is 1. The third-order valence-electron chi connectivity index (χ3n) is 7.43. The molecule has 3 aliphatic rings. The van der Waals surface area contributed by atoms with E-state index < -0.39 is 0 Å². The molecule has 5 rings (SSSR count). The van der Waals surface area contributed by atoms with Crippen LogP contribution in [0, 0.1) is 11.8 Å². The fourth-order valence-corrected chi connectivity index (χ4v) is 6.52. The fraction of sp³-hybridized carbons (Fsp3) is 0.567. The lowest BCUT2D eigenvalue weighted by atomic mass is 9.72. The first-order valence-corrected chi connectivity index (χ1v) is 14.7. The zero-order valence-electron chi connectivity index (χ0n) is 23.1. The van der Waals surface area contributed by atoms with Crippen LogP contribution in [-0.2, 0) is 14.3 Å². The molecule has 0 saturated carbocycles. The van der Waals surface area contributed by atoms with Gasteiger partial charge in [0.2, 0.25) is 0 Å². The van der Waals surface area contributed by atoms with Gasteiger partial charge < -0.3 is 14.8 Å². The van der Waals surface area contributed by atoms with Gasteiger partial charge >= 0.3 is 12.1 Å². The molecule has 5 atom stereocenters. The summed E-state index contributed by atoms with van der Waals surface area (Å²) in [6.45, 7) is 13.6. The van der Waals surface area contributed by atoms with Gasteiger partial charge in [0.05, 0.1) is 11.6 Å². The zero-order chi connectivity index (χ0) is 27.3. The van der Waals surface area contributed by atoms with Gasteiger partial charge in [-0.3, -0.25) is 9.88 Å². The Morgan fingerprint density at radius 3 is 2.74 bits per heavy atom. The van der Waals surface area contributed by atoms with Crippen LogP contribution in [0.15, 0.2) is 48.7 Å². The van der Waals surface area contributed by atoms with Gasteiger partial charge in [0.15, 0.2) is 0 Å². The summed E-state index contributed by atoms with van der Waals surface area (Å²) in [4.78, 5) is 31.6. The third-order valence-corrected chi connectivity index (χ3v) is 8.41. The molecule has 206 valence electrons. The van der Waals surface area contributed by atoms with Gasteiger partial charge in [-0.15, -0.1) is 0 Å². The monoisotopic (exact) mass is 539 g/mol. The summed E-state index contributed by atoms with van der Waals surface area (Å²) in [7, 11) is 0. The summed E-state index contributed by atoms with van der Waals surface area (Å²) in [5, 5.41) is 4.02. The number of carbonyl (C=O) groups excluding carboxylic acids is 2. The first kappa shape index (κ1) is 28.4. The number of rotatable bonds is 10. The third kappa shape index (κ3) is 7.29. The molecule has 0 spiro atoms. The zero-order valence-corrected chi connectivity index (χ0v) is 23.9. The molecular formula is C30H41N3O4S. The highest BCUT2D eigenvalue weighted by Crippen LogP contribution is 2.44. The number of aromatic nitrogens is 1. The smallest absolute Gasteiger partial charge is 0.408 e. The first-order valence-electron chi connectivity index (χ1n) is 13.6. The normalized spacial score (nSPS) is 23.6. The number of carbonyl (C=O) groups is 2. The Hall–Kier alpha value is -2.58. The standard InChI is InChI=1S/C30H41N3O4S/c1-20(2)28(34)36-15-17-38-16-12-22-19-33-14-11-21(22)18-26(33)27(37-29(35)32-30(3,4)5)24-10-13-31-25-9-7-6-8-23(24)25/h6-10,13,21-22,26-27H,1,11-12,14-19H2,2-5H3,(H,32,35)/t21-,22-,26+,27?/m0/s1. The Bertz CT molecular complexity index is 1140. The summed E-state index contributed by atoms with van der Waals surface area (Å²) in [5.41, 5.74) is 2.00. The number of thioether (sulfide) groups is 1. The Kier molecular flexibility index (Phi) is 9.36. The number of piperidine rings is 3. The molecule has 1 amide bonds. The molecule has 1 aromatic carbocycles. The predicted octanol–water partition coefficient (Wildman–Crippen LogP) is 5.75. The number of benzene rings is 1. The van der Waals surface area contributed by atoms with E-state index in [0.29, 0.717) is 24.0 Å². The van der Waals surface area contributed by atoms with E-state index in [-0.39, 0.29) is 29.7 Å². The molecule has 2 unspecified atom stereocenters. The molecule has 3 saturated heterocycles. The van der Waals surface area contributed by atoms with Crippen molar-refractivity contribution in [2.24, 2.45) is 11.8 Å². The number of nitrogens with zero attached hydrogens (tertiary/aromatic N) is 2. The molecular weight excluding hydrogens is 498 g/mol. The molecule has 3 aliphatic heterocycles. The van der Waals surface area contributed by atoms with Crippen molar-refractivity contribution >= 4 is 34.7 Å². The molecule has 4 heterocycles. The van der Waals surface area contributed by atoms with Crippen molar-refractivity contribution in [1.29, 1.82) is 0 Å². The molecule has 0 radical (unpaired) electrons. The highest BCUT2D eigenvalue weighted by molar-refractivity contribution is 7.99. The van der Waals surface area contributed by atoms with Crippen molar-refractivity contribution < 1.29 is 19.1 Å². The number of ether oxygens (including phenoxy) is 2. The van der Waals surface area contributed by atoms with Crippen LogP contribution < -0.4 is 5.32 Å². The number of amides is 1. The SMILES string of the molecule is C=C(C)C(=O)OCCSCC[C@H]1CN2CC[C@H]1C[C@@H]2C(OC(=O)NC(C)(C)C)c1ccnc2ccccc12. The summed E-state index contributed by atoms with van der Waals surface area (Å²) >= 11 is 1.84. The van der Waals surface area contributed by atoms with E-state index in [4.69, 9.17) is 9.47 Å². The van der Waals surface area contributed by atoms with E-state index in [1.54, 1.807) is 6.92 Å². The first-order chi connectivity index (χ1) is 18.1. The fourth-order valence-electron chi connectivity index (χ4n) is 5.64. The van der Waals surface area contributed by atoms with Crippen molar-refractivity contribution in [3.05, 3.63) is 54.2 Å². The number of para-hydroxylation sites is 1. The van der Waals surface area contributed by atoms with Gasteiger partial charge in [0.1, 0.15) is 12.7 Å². The van der Waals surface area contributed by atoms with Gasteiger partial charge in [-0.05, 0) is 83.2 Å². The van der Waals surface area contributed by atoms with Crippen LogP contribution >= 0.6 is 11.8 Å². The highest BCUT2D eigenvalue weighted by atomic mass is 32.2. The van der Waals surface area contributed by atoms with Crippen LogP contribution in [-0.4, -0.2) is 64.7 Å². The Morgan fingerprint density at radius 1 is 1.24 bits per heavy atom. The number of pyridine rings is 1. The van der Waals surface area contributed by atoms with Crippen molar-refractivity contribution in [1.82, 2.24) is 15.2 Å². The van der Waals surface area contributed by atoms with Gasteiger partial charge in [0.25, 0.3) is 0 Å². The molecule has 1 aromatic heterocycles. The minimum Gasteiger partial charge on any atom is -0.461 e. The van der Waals surface area contributed by atoms with Crippen LogP contribution in [0.2, 0.25) is 0 Å². The average Bonchev–Trinajstić information content (AvgIpc) is 2.88. The Labute approximate surface area is 230 Å². The number of nitrogens with one attached hydrogen (secondary N) is 1. The molecule has 3 fully saturated rings. The summed E-state index contributed by atoms with van der Waals surface area (Å²) in [6.07, 6.45) is 4.40. The van der Waals surface area contributed by atoms with Crippen LogP contribution in [0.5, 0.6) is 0 Å². The van der Waals surface area contributed by atoms with Gasteiger partial charge in [-0.1, -0.05) is 24.8 Å². The Balaban J connectivity index is 1.42. The molecule has 2 aromatic rings. The largest absolute Gasteiger partial charge is 0.461 e. The maximum atomic E-state index is 13.0. The maximum absolute atomic E-state index is 13.0. The minimum atomic E-state index is -0.383. The molecule has 7 nitrogen and oxygen atoms in total. The number of alkyl carbamates (subject to hydrolysis) is 1. The van der Waals surface area contributed by atoms with Gasteiger partial charge in [-0.2, -0.15) is 11.8 Å². The highest BCUT2D eigenvalue weighted by Gasteiger charge is 2.45. The summed E-state index contributed by atoms with van der Waals surface area (Å²) in [6, 6.07) is 10.2. The summed E-state index contributed by atoms with van der Waals surface area (Å²) in [5.74, 6) is 2.77. The molecule has 38 heavy (non-hydrogen) atoms. The topological polar surface area (TPSA) is 80.8 Å². The predicted molar refractivity (Wildman–Crippen MR) is 153 cm³/mol. The number of esters is 1. The van der Waals surface area contributed by atoms with Crippen molar-refractivity contribution in [3.63, 3.8) is 0 Å². The molecule has 2 bridgehead atoms. The average molecular weight is 540 g/mol. The van der Waals surface area contributed by atoms with Crippen LogP contribution in [0.4, 0.5) is 4.79 Å². The maximum Gasteiger partial charge on any atom is 0.408 e. The lowest BCUT2D eigenvalue weighted by Gasteiger charge is -2.52.